The SMILES string of the molecule is CCNc1cc(Sc2nncn2C)nc(COC)n1. The predicted octanol–water partition coefficient (Wildman–Crippen LogP) is 1.33. The third kappa shape index (κ3) is 3.65. The van der Waals surface area contributed by atoms with E-state index in [2.05, 4.69) is 25.5 Å². The molecule has 0 saturated carbocycles. The summed E-state index contributed by atoms with van der Waals surface area (Å²) < 4.78 is 6.92. The molecule has 0 aliphatic carbocycles. The maximum atomic E-state index is 5.08. The van der Waals surface area contributed by atoms with Crippen LogP contribution in [0.25, 0.3) is 0 Å². The van der Waals surface area contributed by atoms with Crippen molar-refractivity contribution in [2.75, 3.05) is 19.0 Å². The normalized spacial score (nSPS) is 10.7. The Kier molecular flexibility index (Phi) is 4.69. The summed E-state index contributed by atoms with van der Waals surface area (Å²) in [4.78, 5) is 8.79. The molecular weight excluding hydrogens is 264 g/mol. The molecule has 0 radical (unpaired) electrons. The van der Waals surface area contributed by atoms with Gasteiger partial charge in [-0.3, -0.25) is 0 Å². The summed E-state index contributed by atoms with van der Waals surface area (Å²) in [5.74, 6) is 1.43. The van der Waals surface area contributed by atoms with Crippen LogP contribution in [0.15, 0.2) is 22.6 Å². The highest BCUT2D eigenvalue weighted by Gasteiger charge is 2.09. The first kappa shape index (κ1) is 13.8. The predicted molar refractivity (Wildman–Crippen MR) is 72.0 cm³/mol. The van der Waals surface area contributed by atoms with Crippen LogP contribution in [-0.2, 0) is 18.4 Å². The second kappa shape index (κ2) is 6.48. The second-order valence-electron chi connectivity index (χ2n) is 3.80. The Labute approximate surface area is 115 Å². The molecule has 0 aromatic carbocycles. The van der Waals surface area contributed by atoms with Crippen molar-refractivity contribution in [3.8, 4) is 0 Å². The molecular formula is C11H16N6OS. The van der Waals surface area contributed by atoms with Gasteiger partial charge in [-0.15, -0.1) is 10.2 Å². The van der Waals surface area contributed by atoms with Crippen molar-refractivity contribution in [2.24, 2.45) is 7.05 Å². The molecule has 0 fully saturated rings. The van der Waals surface area contributed by atoms with E-state index in [1.54, 1.807) is 13.4 Å². The Balaban J connectivity index is 2.25. The van der Waals surface area contributed by atoms with E-state index in [0.717, 1.165) is 22.5 Å². The number of aryl methyl sites for hydroxylation is 1. The van der Waals surface area contributed by atoms with Crippen LogP contribution >= 0.6 is 11.8 Å². The summed E-state index contributed by atoms with van der Waals surface area (Å²) in [6.07, 6.45) is 1.66. The van der Waals surface area contributed by atoms with Crippen LogP contribution < -0.4 is 5.32 Å². The van der Waals surface area contributed by atoms with Crippen molar-refractivity contribution in [1.29, 1.82) is 0 Å². The van der Waals surface area contributed by atoms with Crippen LogP contribution in [0.3, 0.4) is 0 Å². The molecule has 1 N–H and O–H groups in total. The smallest absolute Gasteiger partial charge is 0.197 e. The Morgan fingerprint density at radius 2 is 2.26 bits per heavy atom. The van der Waals surface area contributed by atoms with Crippen molar-refractivity contribution in [1.82, 2.24) is 24.7 Å². The Hall–Kier alpha value is -1.67. The van der Waals surface area contributed by atoms with Crippen LogP contribution in [0.2, 0.25) is 0 Å². The number of rotatable bonds is 6. The van der Waals surface area contributed by atoms with Gasteiger partial charge in [-0.2, -0.15) is 0 Å². The van der Waals surface area contributed by atoms with Crippen LogP contribution in [-0.4, -0.2) is 38.4 Å². The summed E-state index contributed by atoms with van der Waals surface area (Å²) >= 11 is 1.44. The first-order valence-corrected chi connectivity index (χ1v) is 6.67. The fourth-order valence-electron chi connectivity index (χ4n) is 1.45. The van der Waals surface area contributed by atoms with Gasteiger partial charge < -0.3 is 14.6 Å². The number of methoxy groups -OCH3 is 1. The summed E-state index contributed by atoms with van der Waals surface area (Å²) in [7, 11) is 3.52. The minimum absolute atomic E-state index is 0.381. The molecule has 0 aliphatic heterocycles. The topological polar surface area (TPSA) is 77.8 Å². The molecule has 8 heteroatoms. The molecule has 19 heavy (non-hydrogen) atoms. The third-order valence-electron chi connectivity index (χ3n) is 2.25. The highest BCUT2D eigenvalue weighted by molar-refractivity contribution is 7.99. The minimum atomic E-state index is 0.381. The lowest BCUT2D eigenvalue weighted by Crippen LogP contribution is -2.05. The third-order valence-corrected chi connectivity index (χ3v) is 3.22. The summed E-state index contributed by atoms with van der Waals surface area (Å²) in [6.45, 7) is 3.21. The lowest BCUT2D eigenvalue weighted by Gasteiger charge is -2.07. The summed E-state index contributed by atoms with van der Waals surface area (Å²) in [5, 5.41) is 12.6. The Morgan fingerprint density at radius 1 is 1.42 bits per heavy atom. The molecule has 0 aliphatic rings. The van der Waals surface area contributed by atoms with E-state index >= 15 is 0 Å². The number of hydrogen-bond acceptors (Lipinski definition) is 7. The van der Waals surface area contributed by atoms with Gasteiger partial charge in [0, 0.05) is 26.8 Å². The largest absolute Gasteiger partial charge is 0.377 e. The average molecular weight is 280 g/mol. The molecule has 0 spiro atoms. The number of nitrogens with one attached hydrogen (secondary N) is 1. The van der Waals surface area contributed by atoms with Crippen molar-refractivity contribution in [2.45, 2.75) is 23.7 Å². The van der Waals surface area contributed by atoms with E-state index in [1.165, 1.54) is 11.8 Å². The maximum absolute atomic E-state index is 5.08. The maximum Gasteiger partial charge on any atom is 0.197 e. The zero-order chi connectivity index (χ0) is 13.7. The standard InChI is InChI=1S/C11H16N6OS/c1-4-12-8-5-10(15-9(14-8)6-18-3)19-11-16-13-7-17(11)2/h5,7H,4,6H2,1-3H3,(H,12,14,15). The van der Waals surface area contributed by atoms with Gasteiger partial charge in [-0.05, 0) is 18.7 Å². The Morgan fingerprint density at radius 3 is 2.89 bits per heavy atom. The van der Waals surface area contributed by atoms with Crippen LogP contribution in [0.5, 0.6) is 0 Å². The molecule has 7 nitrogen and oxygen atoms in total. The van der Waals surface area contributed by atoms with E-state index in [-0.39, 0.29) is 0 Å². The van der Waals surface area contributed by atoms with Crippen molar-refractivity contribution in [3.05, 3.63) is 18.2 Å². The van der Waals surface area contributed by atoms with Gasteiger partial charge in [0.25, 0.3) is 0 Å². The van der Waals surface area contributed by atoms with Gasteiger partial charge >= 0.3 is 0 Å². The highest BCUT2D eigenvalue weighted by Crippen LogP contribution is 2.25. The molecule has 0 atom stereocenters. The first-order chi connectivity index (χ1) is 9.22. The number of hydrogen-bond donors (Lipinski definition) is 1. The molecule has 0 saturated heterocycles. The van der Waals surface area contributed by atoms with Crippen molar-refractivity contribution < 1.29 is 4.74 Å². The van der Waals surface area contributed by atoms with Crippen LogP contribution in [0.1, 0.15) is 12.7 Å². The molecule has 102 valence electrons. The number of nitrogens with zero attached hydrogens (tertiary/aromatic N) is 5. The van der Waals surface area contributed by atoms with Crippen molar-refractivity contribution >= 4 is 17.6 Å². The molecule has 2 heterocycles. The van der Waals surface area contributed by atoms with E-state index in [0.29, 0.717) is 12.4 Å². The van der Waals surface area contributed by atoms with Gasteiger partial charge in [0.15, 0.2) is 11.0 Å². The van der Waals surface area contributed by atoms with Gasteiger partial charge in [0.05, 0.1) is 0 Å². The highest BCUT2D eigenvalue weighted by atomic mass is 32.2. The Bertz CT molecular complexity index is 519. The number of ether oxygens (including phenoxy) is 1. The quantitative estimate of drug-likeness (QED) is 0.800. The first-order valence-electron chi connectivity index (χ1n) is 5.85. The molecule has 2 rings (SSSR count). The van der Waals surface area contributed by atoms with Crippen LogP contribution in [0, 0.1) is 0 Å². The average Bonchev–Trinajstić information content (AvgIpc) is 2.76. The van der Waals surface area contributed by atoms with E-state index < -0.39 is 0 Å². The lowest BCUT2D eigenvalue weighted by atomic mass is 10.5. The van der Waals surface area contributed by atoms with Gasteiger partial charge in [-0.25, -0.2) is 9.97 Å². The minimum Gasteiger partial charge on any atom is -0.377 e. The lowest BCUT2D eigenvalue weighted by molar-refractivity contribution is 0.177. The monoisotopic (exact) mass is 280 g/mol. The summed E-state index contributed by atoms with van der Waals surface area (Å²) in [5.41, 5.74) is 0. The van der Waals surface area contributed by atoms with Gasteiger partial charge in [0.2, 0.25) is 0 Å². The van der Waals surface area contributed by atoms with E-state index in [1.807, 2.05) is 24.6 Å². The zero-order valence-corrected chi connectivity index (χ0v) is 11.9. The molecule has 0 bridgehead atoms. The number of anilines is 1. The van der Waals surface area contributed by atoms with E-state index in [9.17, 15) is 0 Å². The second-order valence-corrected chi connectivity index (χ2v) is 4.79. The van der Waals surface area contributed by atoms with Gasteiger partial charge in [0.1, 0.15) is 23.8 Å². The fraction of sp³-hybridized carbons (Fsp3) is 0.455. The molecule has 2 aromatic heterocycles. The van der Waals surface area contributed by atoms with Gasteiger partial charge in [-0.1, -0.05) is 0 Å². The van der Waals surface area contributed by atoms with E-state index in [4.69, 9.17) is 4.74 Å². The number of aromatic nitrogens is 5. The molecule has 0 unspecified atom stereocenters. The fourth-order valence-corrected chi connectivity index (χ4v) is 2.24. The summed E-state index contributed by atoms with van der Waals surface area (Å²) in [6, 6.07) is 1.89. The van der Waals surface area contributed by atoms with Crippen molar-refractivity contribution in [3.63, 3.8) is 0 Å². The molecule has 2 aromatic rings. The van der Waals surface area contributed by atoms with Crippen LogP contribution in [0.4, 0.5) is 5.82 Å². The molecule has 0 amide bonds. The zero-order valence-electron chi connectivity index (χ0n) is 11.1.